The minimum absolute atomic E-state index is 0.284. The van der Waals surface area contributed by atoms with Gasteiger partial charge in [-0.15, -0.1) is 0 Å². The molecule has 4 nitrogen and oxygen atoms in total. The van der Waals surface area contributed by atoms with Gasteiger partial charge in [-0.25, -0.2) is 8.42 Å². The first-order valence-electron chi connectivity index (χ1n) is 8.27. The Morgan fingerprint density at radius 2 is 1.65 bits per heavy atom. The van der Waals surface area contributed by atoms with E-state index in [4.69, 9.17) is 10.5 Å². The summed E-state index contributed by atoms with van der Waals surface area (Å²) in [5.74, 6) is 0.683. The molecule has 0 atom stereocenters. The second-order valence-corrected chi connectivity index (χ2v) is 8.12. The van der Waals surface area contributed by atoms with E-state index in [0.29, 0.717) is 18.9 Å². The van der Waals surface area contributed by atoms with Gasteiger partial charge in [0.25, 0.3) is 0 Å². The van der Waals surface area contributed by atoms with Crippen molar-refractivity contribution in [1.82, 2.24) is 0 Å². The molecular weight excluding hydrogens is 346 g/mol. The Morgan fingerprint density at radius 3 is 2.35 bits per heavy atom. The van der Waals surface area contributed by atoms with E-state index in [1.54, 1.807) is 18.2 Å². The van der Waals surface area contributed by atoms with E-state index < -0.39 is 9.84 Å². The molecule has 0 aromatic heterocycles. The van der Waals surface area contributed by atoms with Crippen molar-refractivity contribution in [3.05, 3.63) is 83.9 Å². The molecule has 3 aromatic carbocycles. The lowest BCUT2D eigenvalue weighted by Gasteiger charge is -2.14. The Bertz CT molecular complexity index is 999. The van der Waals surface area contributed by atoms with Crippen LogP contribution >= 0.6 is 0 Å². The van der Waals surface area contributed by atoms with Crippen LogP contribution in [0.5, 0.6) is 5.75 Å². The second-order valence-electron chi connectivity index (χ2n) is 6.11. The zero-order valence-electron chi connectivity index (χ0n) is 14.6. The topological polar surface area (TPSA) is 69.4 Å². The van der Waals surface area contributed by atoms with Crippen LogP contribution in [-0.4, -0.2) is 14.7 Å². The second kappa shape index (κ2) is 7.72. The lowest BCUT2D eigenvalue weighted by Crippen LogP contribution is -2.01. The molecule has 0 bridgehead atoms. The summed E-state index contributed by atoms with van der Waals surface area (Å²) >= 11 is 0. The maximum absolute atomic E-state index is 11.9. The van der Waals surface area contributed by atoms with Gasteiger partial charge < -0.3 is 10.5 Å². The minimum atomic E-state index is -3.28. The third kappa shape index (κ3) is 4.31. The van der Waals surface area contributed by atoms with Gasteiger partial charge in [0.2, 0.25) is 0 Å². The SMILES string of the molecule is CS(=O)(=O)c1cccc(-c2ccc(CN)cc2OCc2ccccc2)c1. The van der Waals surface area contributed by atoms with Gasteiger partial charge in [0.1, 0.15) is 12.4 Å². The Kier molecular flexibility index (Phi) is 5.40. The maximum atomic E-state index is 11.9. The van der Waals surface area contributed by atoms with Crippen molar-refractivity contribution in [2.45, 2.75) is 18.0 Å². The number of hydrogen-bond donors (Lipinski definition) is 1. The van der Waals surface area contributed by atoms with Crippen molar-refractivity contribution < 1.29 is 13.2 Å². The molecule has 0 radical (unpaired) electrons. The number of ether oxygens (including phenoxy) is 1. The first-order chi connectivity index (χ1) is 12.5. The van der Waals surface area contributed by atoms with E-state index in [1.807, 2.05) is 54.6 Å². The van der Waals surface area contributed by atoms with Crippen molar-refractivity contribution in [2.24, 2.45) is 5.73 Å². The Morgan fingerprint density at radius 1 is 0.885 bits per heavy atom. The van der Waals surface area contributed by atoms with Gasteiger partial charge in [-0.2, -0.15) is 0 Å². The molecule has 0 aliphatic carbocycles. The summed E-state index contributed by atoms with van der Waals surface area (Å²) in [7, 11) is -3.28. The highest BCUT2D eigenvalue weighted by Crippen LogP contribution is 2.33. The van der Waals surface area contributed by atoms with Crippen molar-refractivity contribution in [3.63, 3.8) is 0 Å². The summed E-state index contributed by atoms with van der Waals surface area (Å²) in [6, 6.07) is 22.5. The maximum Gasteiger partial charge on any atom is 0.175 e. The molecular formula is C21H21NO3S. The molecule has 134 valence electrons. The van der Waals surface area contributed by atoms with Gasteiger partial charge in [-0.1, -0.05) is 54.6 Å². The van der Waals surface area contributed by atoms with Gasteiger partial charge >= 0.3 is 0 Å². The van der Waals surface area contributed by atoms with Crippen LogP contribution in [0.3, 0.4) is 0 Å². The molecule has 0 aliphatic rings. The summed E-state index contributed by atoms with van der Waals surface area (Å²) in [6.45, 7) is 0.832. The first kappa shape index (κ1) is 18.2. The fraction of sp³-hybridized carbons (Fsp3) is 0.143. The molecule has 5 heteroatoms. The molecule has 3 aromatic rings. The van der Waals surface area contributed by atoms with E-state index in [9.17, 15) is 8.42 Å². The fourth-order valence-corrected chi connectivity index (χ4v) is 3.35. The predicted octanol–water partition coefficient (Wildman–Crippen LogP) is 3.79. The zero-order valence-corrected chi connectivity index (χ0v) is 15.4. The largest absolute Gasteiger partial charge is 0.488 e. The summed E-state index contributed by atoms with van der Waals surface area (Å²) in [6.07, 6.45) is 1.20. The molecule has 0 saturated heterocycles. The van der Waals surface area contributed by atoms with Gasteiger partial charge in [-0.3, -0.25) is 0 Å². The van der Waals surface area contributed by atoms with Crippen LogP contribution in [-0.2, 0) is 23.0 Å². The summed E-state index contributed by atoms with van der Waals surface area (Å²) in [5.41, 5.74) is 9.40. The number of sulfone groups is 1. The number of hydrogen-bond acceptors (Lipinski definition) is 4. The predicted molar refractivity (Wildman–Crippen MR) is 104 cm³/mol. The smallest absolute Gasteiger partial charge is 0.175 e. The monoisotopic (exact) mass is 367 g/mol. The summed E-state index contributed by atoms with van der Waals surface area (Å²) in [4.78, 5) is 0.284. The van der Waals surface area contributed by atoms with Gasteiger partial charge in [0.05, 0.1) is 4.90 Å². The normalized spacial score (nSPS) is 11.3. The van der Waals surface area contributed by atoms with E-state index in [-0.39, 0.29) is 4.90 Å². The fourth-order valence-electron chi connectivity index (χ4n) is 2.68. The molecule has 0 aliphatic heterocycles. The van der Waals surface area contributed by atoms with Crippen LogP contribution in [0.4, 0.5) is 0 Å². The third-order valence-electron chi connectivity index (χ3n) is 4.09. The molecule has 0 heterocycles. The van der Waals surface area contributed by atoms with E-state index in [0.717, 1.165) is 22.3 Å². The van der Waals surface area contributed by atoms with E-state index in [2.05, 4.69) is 0 Å². The highest BCUT2D eigenvalue weighted by Gasteiger charge is 2.12. The lowest BCUT2D eigenvalue weighted by atomic mass is 10.0. The highest BCUT2D eigenvalue weighted by atomic mass is 32.2. The summed E-state index contributed by atoms with van der Waals surface area (Å²) < 4.78 is 29.8. The van der Waals surface area contributed by atoms with Crippen LogP contribution in [0.25, 0.3) is 11.1 Å². The molecule has 26 heavy (non-hydrogen) atoms. The van der Waals surface area contributed by atoms with Gasteiger partial charge in [-0.05, 0) is 34.9 Å². The third-order valence-corrected chi connectivity index (χ3v) is 5.20. The standard InChI is InChI=1S/C21H21NO3S/c1-26(23,24)19-9-5-8-18(13-19)20-11-10-17(14-22)12-21(20)25-15-16-6-3-2-4-7-16/h2-13H,14-15,22H2,1H3. The first-order valence-corrected chi connectivity index (χ1v) is 10.2. The van der Waals surface area contributed by atoms with Gasteiger partial charge in [0, 0.05) is 18.4 Å². The Balaban J connectivity index is 1.99. The molecule has 0 spiro atoms. The molecule has 0 saturated carbocycles. The number of rotatable bonds is 6. The Labute approximate surface area is 154 Å². The summed E-state index contributed by atoms with van der Waals surface area (Å²) in [5, 5.41) is 0. The van der Waals surface area contributed by atoms with Crippen molar-refractivity contribution in [2.75, 3.05) is 6.26 Å². The van der Waals surface area contributed by atoms with Crippen molar-refractivity contribution >= 4 is 9.84 Å². The lowest BCUT2D eigenvalue weighted by molar-refractivity contribution is 0.307. The quantitative estimate of drug-likeness (QED) is 0.719. The highest BCUT2D eigenvalue weighted by molar-refractivity contribution is 7.90. The minimum Gasteiger partial charge on any atom is -0.488 e. The van der Waals surface area contributed by atoms with Crippen LogP contribution < -0.4 is 10.5 Å². The average Bonchev–Trinajstić information content (AvgIpc) is 2.66. The number of benzene rings is 3. The molecule has 3 rings (SSSR count). The molecule has 0 fully saturated rings. The van der Waals surface area contributed by atoms with Crippen LogP contribution in [0, 0.1) is 0 Å². The van der Waals surface area contributed by atoms with Crippen molar-refractivity contribution in [1.29, 1.82) is 0 Å². The molecule has 0 amide bonds. The van der Waals surface area contributed by atoms with Crippen LogP contribution in [0.15, 0.2) is 77.7 Å². The Hall–Kier alpha value is -2.63. The van der Waals surface area contributed by atoms with Crippen molar-refractivity contribution in [3.8, 4) is 16.9 Å². The van der Waals surface area contributed by atoms with Crippen LogP contribution in [0.2, 0.25) is 0 Å². The van der Waals surface area contributed by atoms with Gasteiger partial charge in [0.15, 0.2) is 9.84 Å². The zero-order chi connectivity index (χ0) is 18.6. The average molecular weight is 367 g/mol. The van der Waals surface area contributed by atoms with E-state index in [1.165, 1.54) is 6.26 Å². The molecule has 0 unspecified atom stereocenters. The van der Waals surface area contributed by atoms with Crippen LogP contribution in [0.1, 0.15) is 11.1 Å². The van der Waals surface area contributed by atoms with E-state index >= 15 is 0 Å². The molecule has 2 N–H and O–H groups in total. The number of nitrogens with two attached hydrogens (primary N) is 1.